The molecule has 1 aromatic carbocycles. The molecule has 1 aromatic heterocycles. The van der Waals surface area contributed by atoms with E-state index in [2.05, 4.69) is 27.6 Å². The van der Waals surface area contributed by atoms with Gasteiger partial charge in [-0.1, -0.05) is 0 Å². The molecule has 0 unspecified atom stereocenters. The Morgan fingerprint density at radius 1 is 1.47 bits per heavy atom. The van der Waals surface area contributed by atoms with Gasteiger partial charge >= 0.3 is 0 Å². The molecular formula is C13H18N4. The molecule has 2 aromatic rings. The first-order valence-corrected chi connectivity index (χ1v) is 6.14. The Labute approximate surface area is 101 Å². The lowest BCUT2D eigenvalue weighted by Gasteiger charge is -2.15. The quantitative estimate of drug-likeness (QED) is 0.813. The average Bonchev–Trinajstić information content (AvgIpc) is 3.08. The third kappa shape index (κ3) is 2.13. The highest BCUT2D eigenvalue weighted by Gasteiger charge is 2.25. The maximum atomic E-state index is 5.75. The molecule has 4 heteroatoms. The van der Waals surface area contributed by atoms with Crippen LogP contribution >= 0.6 is 0 Å². The second-order valence-electron chi connectivity index (χ2n) is 4.90. The van der Waals surface area contributed by atoms with E-state index >= 15 is 0 Å². The standard InChI is InChI=1S/C13H18N4/c1-16(11-3-4-11)6-7-17-9-15-12-8-10(14)2-5-13(12)17/h2,5,8-9,11H,3-4,6-7,14H2,1H3. The Hall–Kier alpha value is -1.55. The van der Waals surface area contributed by atoms with Gasteiger partial charge in [0, 0.05) is 24.8 Å². The van der Waals surface area contributed by atoms with E-state index in [-0.39, 0.29) is 0 Å². The highest BCUT2D eigenvalue weighted by Crippen LogP contribution is 2.25. The van der Waals surface area contributed by atoms with Crippen LogP contribution in [-0.2, 0) is 6.54 Å². The summed E-state index contributed by atoms with van der Waals surface area (Å²) in [6, 6.07) is 6.73. The number of fused-ring (bicyclic) bond motifs is 1. The van der Waals surface area contributed by atoms with Crippen LogP contribution in [0, 0.1) is 0 Å². The molecule has 1 heterocycles. The van der Waals surface area contributed by atoms with Crippen molar-refractivity contribution < 1.29 is 0 Å². The van der Waals surface area contributed by atoms with Gasteiger partial charge in [0.25, 0.3) is 0 Å². The van der Waals surface area contributed by atoms with Crippen LogP contribution in [0.25, 0.3) is 11.0 Å². The number of hydrogen-bond donors (Lipinski definition) is 1. The Kier molecular flexibility index (Phi) is 2.52. The lowest BCUT2D eigenvalue weighted by Crippen LogP contribution is -2.25. The van der Waals surface area contributed by atoms with Crippen molar-refractivity contribution in [3.8, 4) is 0 Å². The number of nitrogens with two attached hydrogens (primary N) is 1. The molecule has 17 heavy (non-hydrogen) atoms. The normalized spacial score (nSPS) is 15.9. The fourth-order valence-corrected chi connectivity index (χ4v) is 2.22. The maximum absolute atomic E-state index is 5.75. The second-order valence-corrected chi connectivity index (χ2v) is 4.90. The minimum absolute atomic E-state index is 0.776. The van der Waals surface area contributed by atoms with Crippen LogP contribution < -0.4 is 5.73 Å². The second kappa shape index (κ2) is 4.04. The SMILES string of the molecule is CN(CCn1cnc2cc(N)ccc21)C1CC1. The molecule has 4 nitrogen and oxygen atoms in total. The average molecular weight is 230 g/mol. The summed E-state index contributed by atoms with van der Waals surface area (Å²) in [7, 11) is 2.20. The zero-order valence-electron chi connectivity index (χ0n) is 10.1. The smallest absolute Gasteiger partial charge is 0.0958 e. The summed E-state index contributed by atoms with van der Waals surface area (Å²) >= 11 is 0. The van der Waals surface area contributed by atoms with Crippen molar-refractivity contribution in [2.24, 2.45) is 0 Å². The molecule has 0 spiro atoms. The van der Waals surface area contributed by atoms with Crippen molar-refractivity contribution in [2.45, 2.75) is 25.4 Å². The van der Waals surface area contributed by atoms with Crippen molar-refractivity contribution >= 4 is 16.7 Å². The zero-order chi connectivity index (χ0) is 11.8. The predicted octanol–water partition coefficient (Wildman–Crippen LogP) is 1.71. The Bertz CT molecular complexity index is 527. The van der Waals surface area contributed by atoms with Crippen molar-refractivity contribution in [3.63, 3.8) is 0 Å². The number of aromatic nitrogens is 2. The summed E-state index contributed by atoms with van der Waals surface area (Å²) in [5, 5.41) is 0. The first-order valence-electron chi connectivity index (χ1n) is 6.14. The molecule has 0 bridgehead atoms. The molecule has 0 aliphatic heterocycles. The van der Waals surface area contributed by atoms with Gasteiger partial charge in [-0.05, 0) is 38.1 Å². The number of nitrogen functional groups attached to an aromatic ring is 1. The number of rotatable bonds is 4. The highest BCUT2D eigenvalue weighted by atomic mass is 15.2. The molecule has 3 rings (SSSR count). The van der Waals surface area contributed by atoms with Gasteiger partial charge in [-0.2, -0.15) is 0 Å². The molecule has 90 valence electrons. The summed E-state index contributed by atoms with van der Waals surface area (Å²) in [6.45, 7) is 2.08. The van der Waals surface area contributed by atoms with Gasteiger partial charge < -0.3 is 15.2 Å². The van der Waals surface area contributed by atoms with Gasteiger partial charge in [-0.25, -0.2) is 4.98 Å². The van der Waals surface area contributed by atoms with Crippen LogP contribution in [0.1, 0.15) is 12.8 Å². The third-order valence-electron chi connectivity index (χ3n) is 3.51. The lowest BCUT2D eigenvalue weighted by molar-refractivity contribution is 0.310. The predicted molar refractivity (Wildman–Crippen MR) is 69.8 cm³/mol. The van der Waals surface area contributed by atoms with Crippen molar-refractivity contribution in [1.29, 1.82) is 0 Å². The van der Waals surface area contributed by atoms with Gasteiger partial charge in [0.05, 0.1) is 17.4 Å². The topological polar surface area (TPSA) is 47.1 Å². The number of benzene rings is 1. The van der Waals surface area contributed by atoms with Gasteiger partial charge in [0.1, 0.15) is 0 Å². The Morgan fingerprint density at radius 3 is 3.06 bits per heavy atom. The van der Waals surface area contributed by atoms with E-state index in [9.17, 15) is 0 Å². The highest BCUT2D eigenvalue weighted by molar-refractivity contribution is 5.78. The largest absolute Gasteiger partial charge is 0.399 e. The lowest BCUT2D eigenvalue weighted by atomic mass is 10.3. The van der Waals surface area contributed by atoms with Crippen LogP contribution in [-0.4, -0.2) is 34.1 Å². The molecule has 0 amide bonds. The summed E-state index contributed by atoms with van der Waals surface area (Å²) in [5.41, 5.74) is 8.68. The number of nitrogens with zero attached hydrogens (tertiary/aromatic N) is 3. The Morgan fingerprint density at radius 2 is 2.29 bits per heavy atom. The molecule has 1 saturated carbocycles. The monoisotopic (exact) mass is 230 g/mol. The minimum atomic E-state index is 0.776. The van der Waals surface area contributed by atoms with Crippen molar-refractivity contribution in [1.82, 2.24) is 14.5 Å². The van der Waals surface area contributed by atoms with Gasteiger partial charge in [-0.3, -0.25) is 0 Å². The van der Waals surface area contributed by atoms with E-state index < -0.39 is 0 Å². The van der Waals surface area contributed by atoms with Crippen molar-refractivity contribution in [2.75, 3.05) is 19.3 Å². The third-order valence-corrected chi connectivity index (χ3v) is 3.51. The van der Waals surface area contributed by atoms with E-state index in [0.29, 0.717) is 0 Å². The summed E-state index contributed by atoms with van der Waals surface area (Å²) in [5.74, 6) is 0. The zero-order valence-corrected chi connectivity index (χ0v) is 10.1. The van der Waals surface area contributed by atoms with Crippen LogP contribution in [0.15, 0.2) is 24.5 Å². The number of likely N-dealkylation sites (N-methyl/N-ethyl adjacent to an activating group) is 1. The maximum Gasteiger partial charge on any atom is 0.0958 e. The molecular weight excluding hydrogens is 212 g/mol. The van der Waals surface area contributed by atoms with E-state index in [1.54, 1.807) is 0 Å². The molecule has 1 aliphatic carbocycles. The van der Waals surface area contributed by atoms with Crippen molar-refractivity contribution in [3.05, 3.63) is 24.5 Å². The summed E-state index contributed by atoms with van der Waals surface area (Å²) in [6.07, 6.45) is 4.63. The minimum Gasteiger partial charge on any atom is -0.399 e. The van der Waals surface area contributed by atoms with Gasteiger partial charge in [0.2, 0.25) is 0 Å². The number of imidazole rings is 1. The van der Waals surface area contributed by atoms with Crippen LogP contribution in [0.2, 0.25) is 0 Å². The molecule has 0 saturated heterocycles. The van der Waals surface area contributed by atoms with Crippen LogP contribution in [0.5, 0.6) is 0 Å². The molecule has 1 aliphatic rings. The first kappa shape index (κ1) is 10.6. The van der Waals surface area contributed by atoms with E-state index in [1.165, 1.54) is 18.4 Å². The number of anilines is 1. The molecule has 1 fully saturated rings. The number of hydrogen-bond acceptors (Lipinski definition) is 3. The van der Waals surface area contributed by atoms with Gasteiger partial charge in [-0.15, -0.1) is 0 Å². The molecule has 0 radical (unpaired) electrons. The fourth-order valence-electron chi connectivity index (χ4n) is 2.22. The van der Waals surface area contributed by atoms with E-state index in [1.807, 2.05) is 18.5 Å². The first-order chi connectivity index (χ1) is 8.24. The van der Waals surface area contributed by atoms with E-state index in [4.69, 9.17) is 5.73 Å². The molecule has 2 N–H and O–H groups in total. The molecule has 0 atom stereocenters. The summed E-state index contributed by atoms with van der Waals surface area (Å²) < 4.78 is 2.20. The van der Waals surface area contributed by atoms with Gasteiger partial charge in [0.15, 0.2) is 0 Å². The van der Waals surface area contributed by atoms with E-state index in [0.717, 1.165) is 30.3 Å². The fraction of sp³-hybridized carbons (Fsp3) is 0.462. The van der Waals surface area contributed by atoms with Crippen LogP contribution in [0.3, 0.4) is 0 Å². The Balaban J connectivity index is 1.76. The van der Waals surface area contributed by atoms with Crippen LogP contribution in [0.4, 0.5) is 5.69 Å². The summed E-state index contributed by atoms with van der Waals surface area (Å²) in [4.78, 5) is 6.82.